The molecule has 1 heterocycles. The van der Waals surface area contributed by atoms with Gasteiger partial charge in [-0.05, 0) is 28.1 Å². The molecule has 0 radical (unpaired) electrons. The first-order valence-electron chi connectivity index (χ1n) is 5.08. The van der Waals surface area contributed by atoms with Crippen LogP contribution in [0.5, 0.6) is 5.75 Å². The summed E-state index contributed by atoms with van der Waals surface area (Å²) in [6.45, 7) is 2.06. The van der Waals surface area contributed by atoms with E-state index < -0.39 is 0 Å². The number of benzene rings is 1. The van der Waals surface area contributed by atoms with Crippen molar-refractivity contribution in [3.05, 3.63) is 40.2 Å². The summed E-state index contributed by atoms with van der Waals surface area (Å²) in [5.41, 5.74) is 0. The second kappa shape index (κ2) is 5.27. The Morgan fingerprint density at radius 3 is 3.00 bits per heavy atom. The fraction of sp³-hybridized carbons (Fsp3) is 0.273. The highest BCUT2D eigenvalue weighted by atomic mass is 79.9. The maximum absolute atomic E-state index is 13.0. The maximum Gasteiger partial charge on any atom is 0.226 e. The monoisotopic (exact) mass is 300 g/mol. The van der Waals surface area contributed by atoms with Gasteiger partial charge in [-0.2, -0.15) is 4.98 Å². The van der Waals surface area contributed by atoms with E-state index in [0.29, 0.717) is 28.4 Å². The number of hydrogen-bond donors (Lipinski definition) is 0. The Hall–Kier alpha value is -1.43. The largest absolute Gasteiger partial charge is 0.484 e. The molecule has 0 atom stereocenters. The average Bonchev–Trinajstić information content (AvgIpc) is 2.78. The van der Waals surface area contributed by atoms with Crippen molar-refractivity contribution in [3.63, 3.8) is 0 Å². The third-order valence-corrected chi connectivity index (χ3v) is 2.72. The summed E-state index contributed by atoms with van der Waals surface area (Å²) in [6, 6.07) is 4.23. The van der Waals surface area contributed by atoms with Crippen LogP contribution in [-0.2, 0) is 13.0 Å². The summed E-state index contributed by atoms with van der Waals surface area (Å²) >= 11 is 3.27. The summed E-state index contributed by atoms with van der Waals surface area (Å²) in [7, 11) is 0. The Morgan fingerprint density at radius 1 is 1.47 bits per heavy atom. The maximum atomic E-state index is 13.0. The number of nitrogens with zero attached hydrogens (tertiary/aromatic N) is 2. The summed E-state index contributed by atoms with van der Waals surface area (Å²) in [5.74, 6) is 1.05. The zero-order valence-corrected chi connectivity index (χ0v) is 10.7. The lowest BCUT2D eigenvalue weighted by Gasteiger charge is -2.05. The highest BCUT2D eigenvalue weighted by molar-refractivity contribution is 9.10. The Labute approximate surface area is 106 Å². The van der Waals surface area contributed by atoms with E-state index in [-0.39, 0.29) is 12.4 Å². The smallest absolute Gasteiger partial charge is 0.226 e. The number of rotatable bonds is 4. The summed E-state index contributed by atoms with van der Waals surface area (Å²) in [6.07, 6.45) is 0.677. The van der Waals surface area contributed by atoms with Gasteiger partial charge in [0.05, 0.1) is 4.47 Å². The van der Waals surface area contributed by atoms with Crippen LogP contribution in [0.25, 0.3) is 0 Å². The van der Waals surface area contributed by atoms with Crippen molar-refractivity contribution in [1.82, 2.24) is 10.1 Å². The molecular weight excluding hydrogens is 291 g/mol. The fourth-order valence-corrected chi connectivity index (χ4v) is 1.58. The van der Waals surface area contributed by atoms with E-state index >= 15 is 0 Å². The van der Waals surface area contributed by atoms with Gasteiger partial charge >= 0.3 is 0 Å². The minimum atomic E-state index is -0.356. The number of hydrogen-bond acceptors (Lipinski definition) is 4. The second-order valence-electron chi connectivity index (χ2n) is 3.32. The number of halogens is 2. The Morgan fingerprint density at radius 2 is 2.29 bits per heavy atom. The van der Waals surface area contributed by atoms with Gasteiger partial charge in [-0.15, -0.1) is 0 Å². The van der Waals surface area contributed by atoms with Crippen LogP contribution in [0.4, 0.5) is 4.39 Å². The van der Waals surface area contributed by atoms with Gasteiger partial charge in [-0.25, -0.2) is 4.39 Å². The lowest BCUT2D eigenvalue weighted by molar-refractivity contribution is 0.282. The zero-order valence-electron chi connectivity index (χ0n) is 9.11. The van der Waals surface area contributed by atoms with Gasteiger partial charge in [0, 0.05) is 12.5 Å². The zero-order chi connectivity index (χ0) is 12.3. The molecule has 0 N–H and O–H groups in total. The first-order valence-corrected chi connectivity index (χ1v) is 5.87. The van der Waals surface area contributed by atoms with E-state index in [4.69, 9.17) is 9.26 Å². The topological polar surface area (TPSA) is 48.2 Å². The molecule has 0 unspecified atom stereocenters. The molecule has 90 valence electrons. The lowest BCUT2D eigenvalue weighted by atomic mass is 10.3. The van der Waals surface area contributed by atoms with E-state index in [2.05, 4.69) is 26.1 Å². The number of aryl methyl sites for hydroxylation is 1. The molecule has 2 rings (SSSR count). The molecule has 6 heteroatoms. The molecule has 0 saturated carbocycles. The van der Waals surface area contributed by atoms with Gasteiger partial charge in [0.25, 0.3) is 0 Å². The summed E-state index contributed by atoms with van der Waals surface area (Å²) in [5, 5.41) is 3.73. The van der Waals surface area contributed by atoms with Gasteiger partial charge in [-0.1, -0.05) is 12.1 Å². The van der Waals surface area contributed by atoms with E-state index in [1.807, 2.05) is 6.92 Å². The van der Waals surface area contributed by atoms with Crippen molar-refractivity contribution in [2.24, 2.45) is 0 Å². The van der Waals surface area contributed by atoms with Crippen molar-refractivity contribution in [2.75, 3.05) is 0 Å². The van der Waals surface area contributed by atoms with Crippen molar-refractivity contribution in [2.45, 2.75) is 20.0 Å². The molecule has 0 saturated heterocycles. The predicted molar refractivity (Wildman–Crippen MR) is 62.1 cm³/mol. The summed E-state index contributed by atoms with van der Waals surface area (Å²) < 4.78 is 24.0. The summed E-state index contributed by atoms with van der Waals surface area (Å²) in [4.78, 5) is 4.08. The quantitative estimate of drug-likeness (QED) is 0.870. The van der Waals surface area contributed by atoms with Crippen LogP contribution in [0.15, 0.2) is 27.2 Å². The molecule has 1 aromatic heterocycles. The lowest BCUT2D eigenvalue weighted by Crippen LogP contribution is -1.98. The molecule has 0 aliphatic rings. The van der Waals surface area contributed by atoms with Gasteiger partial charge in [-0.3, -0.25) is 0 Å². The van der Waals surface area contributed by atoms with E-state index in [1.165, 1.54) is 12.1 Å². The van der Waals surface area contributed by atoms with Crippen LogP contribution in [-0.4, -0.2) is 10.1 Å². The van der Waals surface area contributed by atoms with Crippen LogP contribution in [0.2, 0.25) is 0 Å². The van der Waals surface area contributed by atoms with Gasteiger partial charge in [0.1, 0.15) is 11.6 Å². The second-order valence-corrected chi connectivity index (χ2v) is 4.18. The molecule has 0 bridgehead atoms. The van der Waals surface area contributed by atoms with E-state index in [9.17, 15) is 4.39 Å². The highest BCUT2D eigenvalue weighted by Crippen LogP contribution is 2.26. The average molecular weight is 301 g/mol. The third kappa shape index (κ3) is 3.03. The Bertz CT molecular complexity index is 516. The van der Waals surface area contributed by atoms with Crippen molar-refractivity contribution < 1.29 is 13.7 Å². The molecule has 0 amide bonds. The molecule has 0 aliphatic carbocycles. The molecular formula is C11H10BrFN2O2. The molecule has 17 heavy (non-hydrogen) atoms. The van der Waals surface area contributed by atoms with Gasteiger partial charge in [0.2, 0.25) is 11.7 Å². The first kappa shape index (κ1) is 12.0. The van der Waals surface area contributed by atoms with Crippen molar-refractivity contribution >= 4 is 15.9 Å². The number of ether oxygens (including phenoxy) is 1. The molecule has 0 aliphatic heterocycles. The van der Waals surface area contributed by atoms with Crippen LogP contribution in [0.1, 0.15) is 18.6 Å². The third-order valence-electron chi connectivity index (χ3n) is 2.06. The Balaban J connectivity index is 2.04. The van der Waals surface area contributed by atoms with Crippen LogP contribution < -0.4 is 4.74 Å². The standard InChI is InChI=1S/C11H10BrFN2O2/c1-2-11-14-10(15-17-11)6-16-9-5-7(13)3-4-8(9)12/h3-5H,2,6H2,1H3. The van der Waals surface area contributed by atoms with Crippen LogP contribution in [0, 0.1) is 5.82 Å². The highest BCUT2D eigenvalue weighted by Gasteiger charge is 2.07. The molecule has 4 nitrogen and oxygen atoms in total. The molecule has 0 spiro atoms. The molecule has 2 aromatic rings. The Kier molecular flexibility index (Phi) is 3.73. The van der Waals surface area contributed by atoms with Crippen LogP contribution in [0.3, 0.4) is 0 Å². The molecule has 0 fully saturated rings. The minimum absolute atomic E-state index is 0.144. The molecule has 1 aromatic carbocycles. The van der Waals surface area contributed by atoms with Crippen LogP contribution >= 0.6 is 15.9 Å². The first-order chi connectivity index (χ1) is 8.19. The van der Waals surface area contributed by atoms with Gasteiger partial charge < -0.3 is 9.26 Å². The predicted octanol–water partition coefficient (Wildman–Crippen LogP) is 3.11. The fourth-order valence-electron chi connectivity index (χ4n) is 1.22. The SMILES string of the molecule is CCc1nc(COc2cc(F)ccc2Br)no1. The van der Waals surface area contributed by atoms with Gasteiger partial charge in [0.15, 0.2) is 6.61 Å². The van der Waals surface area contributed by atoms with Crippen molar-refractivity contribution in [3.8, 4) is 5.75 Å². The van der Waals surface area contributed by atoms with Crippen molar-refractivity contribution in [1.29, 1.82) is 0 Å². The van der Waals surface area contributed by atoms with E-state index in [0.717, 1.165) is 0 Å². The normalized spacial score (nSPS) is 10.5. The number of aromatic nitrogens is 2. The van der Waals surface area contributed by atoms with E-state index in [1.54, 1.807) is 6.07 Å². The minimum Gasteiger partial charge on any atom is -0.484 e.